The van der Waals surface area contributed by atoms with Crippen LogP contribution in [0.15, 0.2) is 0 Å². The van der Waals surface area contributed by atoms with Crippen molar-refractivity contribution in [2.45, 2.75) is 12.5 Å². The predicted molar refractivity (Wildman–Crippen MR) is 70.6 cm³/mol. The molecule has 1 amide bonds. The second kappa shape index (κ2) is 7.78. The van der Waals surface area contributed by atoms with E-state index in [0.29, 0.717) is 19.7 Å². The van der Waals surface area contributed by atoms with Gasteiger partial charge in [-0.15, -0.1) is 0 Å². The number of nitrogens with zero attached hydrogens (tertiary/aromatic N) is 1. The molecule has 1 rings (SSSR count). The first-order valence-corrected chi connectivity index (χ1v) is 8.12. The average molecular weight is 294 g/mol. The summed E-state index contributed by atoms with van der Waals surface area (Å²) in [5, 5.41) is 12.0. The van der Waals surface area contributed by atoms with Crippen LogP contribution in [-0.4, -0.2) is 81.8 Å². The molecule has 1 heterocycles. The van der Waals surface area contributed by atoms with E-state index >= 15 is 0 Å². The van der Waals surface area contributed by atoms with E-state index in [1.807, 2.05) is 0 Å². The number of carbonyl (C=O) groups is 1. The first-order chi connectivity index (χ1) is 8.98. The Hall–Kier alpha value is -0.700. The van der Waals surface area contributed by atoms with E-state index in [1.165, 1.54) is 12.0 Å². The number of amides is 1. The van der Waals surface area contributed by atoms with Crippen molar-refractivity contribution in [3.8, 4) is 0 Å². The van der Waals surface area contributed by atoms with E-state index in [1.54, 1.807) is 0 Å². The quantitative estimate of drug-likeness (QED) is 0.577. The van der Waals surface area contributed by atoms with E-state index in [9.17, 15) is 13.2 Å². The van der Waals surface area contributed by atoms with Crippen molar-refractivity contribution in [2.75, 3.05) is 51.5 Å². The fraction of sp³-hybridized carbons (Fsp3) is 0.909. The van der Waals surface area contributed by atoms with Gasteiger partial charge in [0.15, 0.2) is 9.84 Å². The number of hydrogen-bond acceptors (Lipinski definition) is 6. The van der Waals surface area contributed by atoms with Gasteiger partial charge in [0.2, 0.25) is 5.91 Å². The summed E-state index contributed by atoms with van der Waals surface area (Å²) in [6.45, 7) is 1.29. The number of aliphatic hydroxyl groups excluding tert-OH is 1. The van der Waals surface area contributed by atoms with Crippen LogP contribution in [0, 0.1) is 0 Å². The van der Waals surface area contributed by atoms with Gasteiger partial charge in [-0.3, -0.25) is 4.79 Å². The zero-order chi connectivity index (χ0) is 14.3. The molecule has 19 heavy (non-hydrogen) atoms. The number of methoxy groups -OCH3 is 1. The number of nitrogens with one attached hydrogen (secondary N) is 1. The highest BCUT2D eigenvalue weighted by Gasteiger charge is 2.27. The monoisotopic (exact) mass is 294 g/mol. The van der Waals surface area contributed by atoms with Gasteiger partial charge in [-0.2, -0.15) is 0 Å². The van der Waals surface area contributed by atoms with E-state index < -0.39 is 9.84 Å². The highest BCUT2D eigenvalue weighted by Crippen LogP contribution is 2.07. The Morgan fingerprint density at radius 2 is 2.21 bits per heavy atom. The minimum atomic E-state index is -3.04. The highest BCUT2D eigenvalue weighted by atomic mass is 32.2. The second-order valence-electron chi connectivity index (χ2n) is 4.57. The summed E-state index contributed by atoms with van der Waals surface area (Å²) < 4.78 is 27.9. The topological polar surface area (TPSA) is 95.9 Å². The lowest BCUT2D eigenvalue weighted by Gasteiger charge is -2.27. The molecule has 0 radical (unpaired) electrons. The number of sulfone groups is 1. The summed E-state index contributed by atoms with van der Waals surface area (Å²) in [6, 6.07) is -0.338. The van der Waals surface area contributed by atoms with Gasteiger partial charge < -0.3 is 20.1 Å². The molecule has 1 unspecified atom stereocenters. The predicted octanol–water partition coefficient (Wildman–Crippen LogP) is -1.77. The molecule has 0 aromatic heterocycles. The number of hydrogen-bond donors (Lipinski definition) is 2. The number of rotatable bonds is 7. The third kappa shape index (κ3) is 5.85. The molecule has 1 saturated heterocycles. The Balaban J connectivity index is 2.50. The lowest BCUT2D eigenvalue weighted by molar-refractivity contribution is -0.132. The number of ether oxygens (including phenoxy) is 1. The summed E-state index contributed by atoms with van der Waals surface area (Å²) in [6.07, 6.45) is 0.128. The summed E-state index contributed by atoms with van der Waals surface area (Å²) >= 11 is 0. The van der Waals surface area contributed by atoms with Crippen molar-refractivity contribution in [1.29, 1.82) is 0 Å². The minimum absolute atomic E-state index is 0.00399. The average Bonchev–Trinajstić information content (AvgIpc) is 2.33. The SMILES string of the molecule is COCCN(CCO)C(=O)CC1CS(=O)(=O)CCN1. The van der Waals surface area contributed by atoms with Crippen LogP contribution in [-0.2, 0) is 19.4 Å². The Morgan fingerprint density at radius 1 is 1.47 bits per heavy atom. The molecule has 7 nitrogen and oxygen atoms in total. The lowest BCUT2D eigenvalue weighted by atomic mass is 10.2. The van der Waals surface area contributed by atoms with Gasteiger partial charge in [-0.05, 0) is 0 Å². The van der Waals surface area contributed by atoms with Crippen molar-refractivity contribution in [3.05, 3.63) is 0 Å². The molecular weight excluding hydrogens is 272 g/mol. The largest absolute Gasteiger partial charge is 0.395 e. The normalized spacial score (nSPS) is 22.1. The van der Waals surface area contributed by atoms with E-state index in [4.69, 9.17) is 9.84 Å². The number of carbonyl (C=O) groups excluding carboxylic acids is 1. The molecule has 0 aromatic rings. The highest BCUT2D eigenvalue weighted by molar-refractivity contribution is 7.91. The smallest absolute Gasteiger partial charge is 0.224 e. The Morgan fingerprint density at radius 3 is 2.79 bits per heavy atom. The van der Waals surface area contributed by atoms with Crippen molar-refractivity contribution in [3.63, 3.8) is 0 Å². The molecular formula is C11H22N2O5S. The first kappa shape index (κ1) is 16.4. The fourth-order valence-corrected chi connectivity index (χ4v) is 3.47. The fourth-order valence-electron chi connectivity index (χ4n) is 2.02. The van der Waals surface area contributed by atoms with Crippen LogP contribution in [0.4, 0.5) is 0 Å². The summed E-state index contributed by atoms with van der Waals surface area (Å²) in [5.41, 5.74) is 0. The Labute approximate surface area is 113 Å². The van der Waals surface area contributed by atoms with Gasteiger partial charge in [0.05, 0.1) is 24.7 Å². The summed E-state index contributed by atoms with van der Waals surface area (Å²) in [7, 11) is -1.50. The minimum Gasteiger partial charge on any atom is -0.395 e. The van der Waals surface area contributed by atoms with E-state index in [-0.39, 0.29) is 43.0 Å². The van der Waals surface area contributed by atoms with E-state index in [2.05, 4.69) is 5.32 Å². The molecule has 0 saturated carbocycles. The molecule has 0 aliphatic carbocycles. The molecule has 1 aliphatic rings. The molecule has 112 valence electrons. The van der Waals surface area contributed by atoms with Crippen molar-refractivity contribution in [2.24, 2.45) is 0 Å². The van der Waals surface area contributed by atoms with Gasteiger partial charge in [0, 0.05) is 39.2 Å². The van der Waals surface area contributed by atoms with Gasteiger partial charge >= 0.3 is 0 Å². The standard InChI is InChI=1S/C11H22N2O5S/c1-18-6-4-13(3-5-14)11(15)8-10-9-19(16,17)7-2-12-10/h10,12,14H,2-9H2,1H3. The van der Waals surface area contributed by atoms with Crippen molar-refractivity contribution < 1.29 is 23.1 Å². The molecule has 8 heteroatoms. The molecule has 0 bridgehead atoms. The Bertz CT molecular complexity index is 385. The van der Waals surface area contributed by atoms with Crippen molar-refractivity contribution >= 4 is 15.7 Å². The van der Waals surface area contributed by atoms with Crippen LogP contribution in [0.2, 0.25) is 0 Å². The zero-order valence-electron chi connectivity index (χ0n) is 11.2. The van der Waals surface area contributed by atoms with Crippen LogP contribution in [0.5, 0.6) is 0 Å². The zero-order valence-corrected chi connectivity index (χ0v) is 12.0. The molecule has 1 atom stereocenters. The maximum absolute atomic E-state index is 12.0. The Kier molecular flexibility index (Phi) is 6.70. The van der Waals surface area contributed by atoms with Gasteiger partial charge in [0.25, 0.3) is 0 Å². The summed E-state index contributed by atoms with van der Waals surface area (Å²) in [4.78, 5) is 13.5. The molecule has 1 fully saturated rings. The molecule has 1 aliphatic heterocycles. The van der Waals surface area contributed by atoms with Crippen molar-refractivity contribution in [1.82, 2.24) is 10.2 Å². The summed E-state index contributed by atoms with van der Waals surface area (Å²) in [5.74, 6) is -0.0433. The van der Waals surface area contributed by atoms with Gasteiger partial charge in [-0.1, -0.05) is 0 Å². The molecule has 2 N–H and O–H groups in total. The lowest BCUT2D eigenvalue weighted by Crippen LogP contribution is -2.48. The third-order valence-electron chi connectivity index (χ3n) is 3.01. The van der Waals surface area contributed by atoms with Crippen LogP contribution in [0.1, 0.15) is 6.42 Å². The maximum Gasteiger partial charge on any atom is 0.224 e. The van der Waals surface area contributed by atoms with E-state index in [0.717, 1.165) is 0 Å². The van der Waals surface area contributed by atoms with Crippen LogP contribution < -0.4 is 5.32 Å². The number of aliphatic hydroxyl groups is 1. The third-order valence-corrected chi connectivity index (χ3v) is 4.75. The van der Waals surface area contributed by atoms with Gasteiger partial charge in [0.1, 0.15) is 0 Å². The van der Waals surface area contributed by atoms with Crippen LogP contribution in [0.25, 0.3) is 0 Å². The van der Waals surface area contributed by atoms with Gasteiger partial charge in [-0.25, -0.2) is 8.42 Å². The molecule has 0 aromatic carbocycles. The first-order valence-electron chi connectivity index (χ1n) is 6.30. The molecule has 0 spiro atoms. The second-order valence-corrected chi connectivity index (χ2v) is 6.80. The van der Waals surface area contributed by atoms with Crippen LogP contribution in [0.3, 0.4) is 0 Å². The van der Waals surface area contributed by atoms with Crippen LogP contribution >= 0.6 is 0 Å². The maximum atomic E-state index is 12.0.